The summed E-state index contributed by atoms with van der Waals surface area (Å²) in [5.74, 6) is 0.275. The molecule has 2 aromatic carbocycles. The number of benzene rings is 2. The summed E-state index contributed by atoms with van der Waals surface area (Å²) in [6.07, 6.45) is 5.16. The molecule has 0 spiro atoms. The number of rotatable bonds is 4. The van der Waals surface area contributed by atoms with Gasteiger partial charge in [0, 0.05) is 44.4 Å². The van der Waals surface area contributed by atoms with E-state index >= 15 is 0 Å². The third-order valence-corrected chi connectivity index (χ3v) is 5.85. The fourth-order valence-electron chi connectivity index (χ4n) is 4.46. The standard InChI is InChI=1S/C25H24O4/c1-13(2)23(26)28-21-17-9-7-8-15(5)18(17)22(29-24(27)14(3)4)19-16-10-11-25(6,12-16)20(19)21/h7-11,16H,1,3,12H2,2,4-6H3. The number of allylic oxidation sites excluding steroid dienone is 2. The lowest BCUT2D eigenvalue weighted by molar-refractivity contribution is -0.131. The average Bonchev–Trinajstić information content (AvgIpc) is 3.18. The van der Waals surface area contributed by atoms with Gasteiger partial charge in [-0.2, -0.15) is 0 Å². The van der Waals surface area contributed by atoms with Gasteiger partial charge in [-0.05, 0) is 32.8 Å². The number of carbonyl (C=O) groups is 2. The summed E-state index contributed by atoms with van der Waals surface area (Å²) in [6.45, 7) is 14.8. The van der Waals surface area contributed by atoms with Gasteiger partial charge in [0.15, 0.2) is 0 Å². The lowest BCUT2D eigenvalue weighted by Gasteiger charge is -2.27. The third-order valence-electron chi connectivity index (χ3n) is 5.85. The second kappa shape index (κ2) is 6.45. The van der Waals surface area contributed by atoms with Crippen molar-refractivity contribution in [2.45, 2.75) is 45.4 Å². The third kappa shape index (κ3) is 2.82. The number of carbonyl (C=O) groups excluding carboxylic acids is 2. The van der Waals surface area contributed by atoms with Gasteiger partial charge in [0.1, 0.15) is 11.5 Å². The van der Waals surface area contributed by atoms with Crippen LogP contribution in [0.15, 0.2) is 54.7 Å². The lowest BCUT2D eigenvalue weighted by atomic mass is 9.81. The Morgan fingerprint density at radius 2 is 1.69 bits per heavy atom. The maximum atomic E-state index is 12.5. The molecule has 0 aliphatic heterocycles. The molecule has 0 radical (unpaired) electrons. The highest BCUT2D eigenvalue weighted by atomic mass is 16.5. The molecule has 2 unspecified atom stereocenters. The van der Waals surface area contributed by atoms with Crippen LogP contribution in [0.25, 0.3) is 10.8 Å². The molecule has 0 saturated carbocycles. The van der Waals surface area contributed by atoms with Crippen LogP contribution in [0.4, 0.5) is 0 Å². The van der Waals surface area contributed by atoms with E-state index in [4.69, 9.17) is 9.47 Å². The minimum atomic E-state index is -0.461. The Balaban J connectivity index is 2.09. The van der Waals surface area contributed by atoms with Gasteiger partial charge in [0.25, 0.3) is 0 Å². The van der Waals surface area contributed by atoms with Gasteiger partial charge in [-0.25, -0.2) is 9.59 Å². The molecule has 4 nitrogen and oxygen atoms in total. The topological polar surface area (TPSA) is 52.6 Å². The van der Waals surface area contributed by atoms with Crippen molar-refractivity contribution in [2.75, 3.05) is 0 Å². The van der Waals surface area contributed by atoms with Crippen molar-refractivity contribution in [2.24, 2.45) is 0 Å². The molecule has 2 atom stereocenters. The Morgan fingerprint density at radius 3 is 2.31 bits per heavy atom. The van der Waals surface area contributed by atoms with Crippen LogP contribution in [0.5, 0.6) is 11.5 Å². The van der Waals surface area contributed by atoms with Gasteiger partial charge in [0.2, 0.25) is 0 Å². The van der Waals surface area contributed by atoms with Crippen LogP contribution in [0.3, 0.4) is 0 Å². The van der Waals surface area contributed by atoms with E-state index in [9.17, 15) is 9.59 Å². The summed E-state index contributed by atoms with van der Waals surface area (Å²) in [7, 11) is 0. The van der Waals surface area contributed by atoms with E-state index in [-0.39, 0.29) is 11.3 Å². The van der Waals surface area contributed by atoms with Crippen LogP contribution in [0, 0.1) is 6.92 Å². The summed E-state index contributed by atoms with van der Waals surface area (Å²) in [5, 5.41) is 1.54. The molecule has 29 heavy (non-hydrogen) atoms. The normalized spacial score (nSPS) is 21.2. The number of esters is 2. The SMILES string of the molecule is C=C(C)C(=O)Oc1c2c(c(OC(=O)C(=C)C)c3c(C)cccc13)C1C=CC2(C)C1. The Hall–Kier alpha value is -3.14. The predicted octanol–water partition coefficient (Wildman–Crippen LogP) is 5.43. The Bertz CT molecular complexity index is 1150. The van der Waals surface area contributed by atoms with Crippen molar-refractivity contribution in [3.63, 3.8) is 0 Å². The summed E-state index contributed by atoms with van der Waals surface area (Å²) < 4.78 is 11.8. The van der Waals surface area contributed by atoms with Crippen LogP contribution in [0.2, 0.25) is 0 Å². The number of hydrogen-bond donors (Lipinski definition) is 0. The molecule has 0 fully saturated rings. The molecule has 2 aliphatic rings. The van der Waals surface area contributed by atoms with Crippen LogP contribution in [-0.4, -0.2) is 11.9 Å². The van der Waals surface area contributed by atoms with Crippen molar-refractivity contribution in [1.82, 2.24) is 0 Å². The van der Waals surface area contributed by atoms with Gasteiger partial charge in [-0.15, -0.1) is 0 Å². The zero-order valence-electron chi connectivity index (χ0n) is 17.2. The maximum absolute atomic E-state index is 12.5. The largest absolute Gasteiger partial charge is 0.422 e. The Labute approximate surface area is 170 Å². The van der Waals surface area contributed by atoms with Crippen molar-refractivity contribution in [1.29, 1.82) is 0 Å². The molecule has 2 bridgehead atoms. The fraction of sp³-hybridized carbons (Fsp3) is 0.280. The molecule has 0 saturated heterocycles. The second-order valence-electron chi connectivity index (χ2n) is 8.37. The van der Waals surface area contributed by atoms with Gasteiger partial charge >= 0.3 is 11.9 Å². The predicted molar refractivity (Wildman–Crippen MR) is 113 cm³/mol. The van der Waals surface area contributed by atoms with Crippen LogP contribution >= 0.6 is 0 Å². The number of fused-ring (bicyclic) bond motifs is 6. The van der Waals surface area contributed by atoms with E-state index in [2.05, 4.69) is 32.2 Å². The Morgan fingerprint density at radius 1 is 1.07 bits per heavy atom. The van der Waals surface area contributed by atoms with Crippen molar-refractivity contribution >= 4 is 22.7 Å². The first-order valence-electron chi connectivity index (χ1n) is 9.68. The highest BCUT2D eigenvalue weighted by molar-refractivity contribution is 6.04. The summed E-state index contributed by atoms with van der Waals surface area (Å²) in [6, 6.07) is 5.78. The highest BCUT2D eigenvalue weighted by Gasteiger charge is 2.48. The van der Waals surface area contributed by atoms with E-state index in [0.29, 0.717) is 22.6 Å². The van der Waals surface area contributed by atoms with Crippen LogP contribution < -0.4 is 9.47 Å². The van der Waals surface area contributed by atoms with Gasteiger partial charge in [-0.1, -0.05) is 50.4 Å². The van der Waals surface area contributed by atoms with Crippen molar-refractivity contribution in [3.8, 4) is 11.5 Å². The first-order chi connectivity index (χ1) is 13.6. The van der Waals surface area contributed by atoms with E-state index in [1.54, 1.807) is 13.8 Å². The average molecular weight is 388 g/mol. The molecule has 0 N–H and O–H groups in total. The molecule has 4 rings (SSSR count). The highest BCUT2D eigenvalue weighted by Crippen LogP contribution is 2.61. The van der Waals surface area contributed by atoms with Gasteiger partial charge in [-0.3, -0.25) is 0 Å². The fourth-order valence-corrected chi connectivity index (χ4v) is 4.46. The van der Waals surface area contributed by atoms with Crippen LogP contribution in [0.1, 0.15) is 49.8 Å². The van der Waals surface area contributed by atoms with Crippen molar-refractivity contribution in [3.05, 3.63) is 71.3 Å². The van der Waals surface area contributed by atoms with Crippen molar-refractivity contribution < 1.29 is 19.1 Å². The minimum absolute atomic E-state index is 0.106. The molecule has 0 heterocycles. The smallest absolute Gasteiger partial charge is 0.338 e. The summed E-state index contributed by atoms with van der Waals surface area (Å²) >= 11 is 0. The molecule has 0 amide bonds. The monoisotopic (exact) mass is 388 g/mol. The van der Waals surface area contributed by atoms with E-state index < -0.39 is 11.9 Å². The van der Waals surface area contributed by atoms with E-state index in [1.807, 2.05) is 25.1 Å². The quantitative estimate of drug-likeness (QED) is 0.303. The first kappa shape index (κ1) is 19.2. The minimum Gasteiger partial charge on any atom is -0.422 e. The van der Waals surface area contributed by atoms with Gasteiger partial charge < -0.3 is 9.47 Å². The molecule has 4 heteroatoms. The summed E-state index contributed by atoms with van der Waals surface area (Å²) in [5.41, 5.74) is 3.18. The van der Waals surface area contributed by atoms with Crippen LogP contribution in [-0.2, 0) is 15.0 Å². The van der Waals surface area contributed by atoms with Gasteiger partial charge in [0.05, 0.1) is 0 Å². The van der Waals surface area contributed by atoms with E-state index in [1.165, 1.54) is 0 Å². The number of hydrogen-bond acceptors (Lipinski definition) is 4. The second-order valence-corrected chi connectivity index (χ2v) is 8.37. The zero-order valence-corrected chi connectivity index (χ0v) is 17.2. The molecule has 2 aliphatic carbocycles. The molecule has 2 aromatic rings. The number of ether oxygens (including phenoxy) is 2. The molecular formula is C25H24O4. The maximum Gasteiger partial charge on any atom is 0.338 e. The Kier molecular flexibility index (Phi) is 4.26. The van der Waals surface area contributed by atoms with E-state index in [0.717, 1.165) is 33.9 Å². The molecular weight excluding hydrogens is 364 g/mol. The zero-order chi connectivity index (χ0) is 21.1. The number of aryl methyl sites for hydroxylation is 1. The lowest BCUT2D eigenvalue weighted by Crippen LogP contribution is -2.19. The molecule has 148 valence electrons. The summed E-state index contributed by atoms with van der Waals surface area (Å²) in [4.78, 5) is 24.9. The first-order valence-corrected chi connectivity index (χ1v) is 9.68. The molecule has 0 aromatic heterocycles.